The van der Waals surface area contributed by atoms with Gasteiger partial charge in [-0.1, -0.05) is 6.08 Å². The molecule has 0 saturated carbocycles. The Balaban J connectivity index is 2.39. The number of ether oxygens (including phenoxy) is 1. The molecule has 2 aromatic rings. The first-order chi connectivity index (χ1) is 8.76. The Hall–Kier alpha value is -1.81. The number of aliphatic imine (C=N–C) groups is 1. The monoisotopic (exact) mass is 261 g/mol. The van der Waals surface area contributed by atoms with Crippen molar-refractivity contribution in [2.75, 3.05) is 13.2 Å². The van der Waals surface area contributed by atoms with E-state index in [1.165, 1.54) is 11.3 Å². The van der Waals surface area contributed by atoms with Crippen molar-refractivity contribution in [3.63, 3.8) is 0 Å². The van der Waals surface area contributed by atoms with Crippen molar-refractivity contribution in [2.24, 2.45) is 4.99 Å². The molecule has 0 aliphatic rings. The third-order valence-corrected chi connectivity index (χ3v) is 3.51. The highest BCUT2D eigenvalue weighted by Crippen LogP contribution is 2.37. The van der Waals surface area contributed by atoms with Crippen LogP contribution in [0.1, 0.15) is 11.8 Å². The summed E-state index contributed by atoms with van der Waals surface area (Å²) in [7, 11) is 0. The summed E-state index contributed by atoms with van der Waals surface area (Å²) in [6.45, 7) is 6.70. The van der Waals surface area contributed by atoms with E-state index in [1.54, 1.807) is 12.3 Å². The fourth-order valence-electron chi connectivity index (χ4n) is 1.64. The fourth-order valence-corrected chi connectivity index (χ4v) is 2.61. The predicted octanol–water partition coefficient (Wildman–Crippen LogP) is 3.61. The van der Waals surface area contributed by atoms with Crippen molar-refractivity contribution in [2.45, 2.75) is 6.92 Å². The molecule has 0 atom stereocenters. The summed E-state index contributed by atoms with van der Waals surface area (Å²) in [6, 6.07) is 5.72. The summed E-state index contributed by atoms with van der Waals surface area (Å²) in [4.78, 5) is 4.92. The number of aromatic hydroxyl groups is 1. The molecule has 0 aliphatic carbocycles. The minimum Gasteiger partial charge on any atom is -0.506 e. The molecule has 0 fully saturated rings. The second-order valence-corrected chi connectivity index (χ2v) is 4.77. The van der Waals surface area contributed by atoms with Gasteiger partial charge in [-0.2, -0.15) is 0 Å². The maximum Gasteiger partial charge on any atom is 0.143 e. The molecule has 18 heavy (non-hydrogen) atoms. The highest BCUT2D eigenvalue weighted by Gasteiger charge is 2.10. The van der Waals surface area contributed by atoms with E-state index in [9.17, 15) is 5.11 Å². The smallest absolute Gasteiger partial charge is 0.143 e. The highest BCUT2D eigenvalue weighted by atomic mass is 32.1. The summed E-state index contributed by atoms with van der Waals surface area (Å²) in [5, 5.41) is 10.9. The van der Waals surface area contributed by atoms with Crippen molar-refractivity contribution in [1.82, 2.24) is 0 Å². The van der Waals surface area contributed by atoms with Crippen molar-refractivity contribution in [1.29, 1.82) is 0 Å². The molecule has 2 rings (SSSR count). The Morgan fingerprint density at radius 1 is 1.50 bits per heavy atom. The molecule has 0 amide bonds. The van der Waals surface area contributed by atoms with Crippen molar-refractivity contribution >= 4 is 27.6 Å². The lowest BCUT2D eigenvalue weighted by Gasteiger charge is -2.01. The first kappa shape index (κ1) is 12.6. The molecule has 1 aromatic heterocycles. The zero-order chi connectivity index (χ0) is 13.0. The number of hydrogen-bond donors (Lipinski definition) is 1. The zero-order valence-electron chi connectivity index (χ0n) is 10.2. The first-order valence-corrected chi connectivity index (χ1v) is 6.57. The van der Waals surface area contributed by atoms with Gasteiger partial charge in [0, 0.05) is 16.3 Å². The molecule has 0 spiro atoms. The lowest BCUT2D eigenvalue weighted by molar-refractivity contribution is 0.340. The third-order valence-electron chi connectivity index (χ3n) is 2.41. The first-order valence-electron chi connectivity index (χ1n) is 5.75. The Bertz CT molecular complexity index is 587. The molecule has 4 heteroatoms. The zero-order valence-corrected chi connectivity index (χ0v) is 11.0. The summed E-state index contributed by atoms with van der Waals surface area (Å²) >= 11 is 1.51. The van der Waals surface area contributed by atoms with E-state index in [2.05, 4.69) is 11.6 Å². The van der Waals surface area contributed by atoms with E-state index in [0.29, 0.717) is 13.2 Å². The quantitative estimate of drug-likeness (QED) is 0.660. The molecule has 0 radical (unpaired) electrons. The van der Waals surface area contributed by atoms with Crippen LogP contribution in [0.15, 0.2) is 35.8 Å². The molecule has 1 aromatic carbocycles. The number of fused-ring (bicyclic) bond motifs is 1. The van der Waals surface area contributed by atoms with Gasteiger partial charge in [-0.05, 0) is 25.1 Å². The van der Waals surface area contributed by atoms with E-state index in [-0.39, 0.29) is 5.75 Å². The molecule has 0 aliphatic heterocycles. The predicted molar refractivity (Wildman–Crippen MR) is 77.3 cm³/mol. The summed E-state index contributed by atoms with van der Waals surface area (Å²) in [5.41, 5.74) is 0. The van der Waals surface area contributed by atoms with E-state index >= 15 is 0 Å². The summed E-state index contributed by atoms with van der Waals surface area (Å²) in [6.07, 6.45) is 3.40. The van der Waals surface area contributed by atoms with Crippen molar-refractivity contribution in [3.8, 4) is 11.5 Å². The minimum absolute atomic E-state index is 0.268. The molecule has 0 bridgehead atoms. The van der Waals surface area contributed by atoms with Crippen LogP contribution in [0.5, 0.6) is 11.5 Å². The third kappa shape index (κ3) is 2.54. The van der Waals surface area contributed by atoms with Gasteiger partial charge in [0.15, 0.2) is 0 Å². The number of nitrogens with zero attached hydrogens (tertiary/aromatic N) is 1. The van der Waals surface area contributed by atoms with Crippen LogP contribution in [0.4, 0.5) is 0 Å². The normalized spacial score (nSPS) is 11.2. The molecular formula is C14H15NO2S. The average molecular weight is 261 g/mol. The van der Waals surface area contributed by atoms with Crippen LogP contribution in [-0.4, -0.2) is 24.5 Å². The van der Waals surface area contributed by atoms with Crippen LogP contribution in [0.2, 0.25) is 0 Å². The summed E-state index contributed by atoms with van der Waals surface area (Å²) < 4.78 is 6.45. The average Bonchev–Trinajstić information content (AvgIpc) is 2.68. The molecule has 94 valence electrons. The second kappa shape index (κ2) is 5.69. The summed E-state index contributed by atoms with van der Waals surface area (Å²) in [5.74, 6) is 1.04. The van der Waals surface area contributed by atoms with Gasteiger partial charge in [-0.3, -0.25) is 4.99 Å². The Morgan fingerprint density at radius 2 is 2.33 bits per heavy atom. The molecule has 1 N–H and O–H groups in total. The molecule has 0 saturated heterocycles. The van der Waals surface area contributed by atoms with Gasteiger partial charge in [0.25, 0.3) is 0 Å². The van der Waals surface area contributed by atoms with Crippen molar-refractivity contribution < 1.29 is 9.84 Å². The Morgan fingerprint density at radius 3 is 3.06 bits per heavy atom. The van der Waals surface area contributed by atoms with E-state index < -0.39 is 0 Å². The van der Waals surface area contributed by atoms with Gasteiger partial charge >= 0.3 is 0 Å². The van der Waals surface area contributed by atoms with Crippen LogP contribution in [0, 0.1) is 0 Å². The lowest BCUT2D eigenvalue weighted by Crippen LogP contribution is -1.89. The van der Waals surface area contributed by atoms with Gasteiger partial charge in [-0.15, -0.1) is 17.9 Å². The van der Waals surface area contributed by atoms with Gasteiger partial charge in [-0.25, -0.2) is 0 Å². The molecule has 1 heterocycles. The van der Waals surface area contributed by atoms with E-state index in [0.717, 1.165) is 20.7 Å². The SMILES string of the molecule is C=CCN=Cc1sc2ccc(OCC)cc2c1O. The standard InChI is InChI=1S/C14H15NO2S/c1-3-7-15-9-13-14(16)11-8-10(17-4-2)5-6-12(11)18-13/h3,5-6,8-9,16H,1,4,7H2,2H3. The van der Waals surface area contributed by atoms with Gasteiger partial charge in [0.2, 0.25) is 0 Å². The van der Waals surface area contributed by atoms with E-state index in [4.69, 9.17) is 4.74 Å². The van der Waals surface area contributed by atoms with Crippen LogP contribution < -0.4 is 4.74 Å². The molecule has 0 unspecified atom stereocenters. The minimum atomic E-state index is 0.268. The molecular weight excluding hydrogens is 246 g/mol. The maximum absolute atomic E-state index is 10.1. The maximum atomic E-state index is 10.1. The number of thiophene rings is 1. The highest BCUT2D eigenvalue weighted by molar-refractivity contribution is 7.21. The number of rotatable bonds is 5. The Labute approximate surface area is 110 Å². The lowest BCUT2D eigenvalue weighted by atomic mass is 10.2. The van der Waals surface area contributed by atoms with Gasteiger partial charge in [0.05, 0.1) is 18.0 Å². The largest absolute Gasteiger partial charge is 0.506 e. The van der Waals surface area contributed by atoms with Gasteiger partial charge in [0.1, 0.15) is 11.5 Å². The van der Waals surface area contributed by atoms with Crippen LogP contribution >= 0.6 is 11.3 Å². The topological polar surface area (TPSA) is 41.8 Å². The van der Waals surface area contributed by atoms with Crippen molar-refractivity contribution in [3.05, 3.63) is 35.7 Å². The Kier molecular flexibility index (Phi) is 3.99. The number of benzene rings is 1. The van der Waals surface area contributed by atoms with Crippen LogP contribution in [0.3, 0.4) is 0 Å². The molecule has 3 nitrogen and oxygen atoms in total. The van der Waals surface area contributed by atoms with Crippen LogP contribution in [0.25, 0.3) is 10.1 Å². The second-order valence-electron chi connectivity index (χ2n) is 3.69. The van der Waals surface area contributed by atoms with Crippen LogP contribution in [-0.2, 0) is 0 Å². The van der Waals surface area contributed by atoms with E-state index in [1.807, 2.05) is 25.1 Å². The number of hydrogen-bond acceptors (Lipinski definition) is 4. The van der Waals surface area contributed by atoms with Gasteiger partial charge < -0.3 is 9.84 Å². The fraction of sp³-hybridized carbons (Fsp3) is 0.214.